The molecule has 0 unspecified atom stereocenters. The minimum atomic E-state index is -2.64. The van der Waals surface area contributed by atoms with Crippen molar-refractivity contribution in [2.45, 2.75) is 164 Å². The zero-order valence-corrected chi connectivity index (χ0v) is 35.2. The molecule has 31 heteroatoms. The number of rotatable bonds is 19. The Kier molecular flexibility index (Phi) is 18.3. The van der Waals surface area contributed by atoms with Crippen LogP contribution in [0.1, 0.15) is 0 Å². The lowest BCUT2D eigenvalue weighted by atomic mass is 9.98. The minimum absolute atomic E-state index is 0.683. The first-order chi connectivity index (χ1) is 31.6. The van der Waals surface area contributed by atoms with E-state index in [1.54, 1.807) is 0 Å². The maximum absolute atomic E-state index is 11.0. The normalized spacial score (nSPS) is 52.8. The van der Waals surface area contributed by atoms with Gasteiger partial charge in [-0.3, -0.25) is 0 Å². The van der Waals surface area contributed by atoms with E-state index in [0.717, 1.165) is 0 Å². The van der Waals surface area contributed by atoms with Gasteiger partial charge in [0.05, 0.1) is 39.6 Å². The summed E-state index contributed by atoms with van der Waals surface area (Å²) in [5, 5.41) is 208. The van der Waals surface area contributed by atoms with E-state index in [0.29, 0.717) is 0 Å². The minimum Gasteiger partial charge on any atom is -0.394 e. The van der Waals surface area contributed by atoms with Crippen molar-refractivity contribution in [1.82, 2.24) is 0 Å². The molecule has 0 aliphatic carbocycles. The first-order valence-corrected chi connectivity index (χ1v) is 21.0. The van der Waals surface area contributed by atoms with E-state index in [1.807, 2.05) is 0 Å². The van der Waals surface area contributed by atoms with Crippen molar-refractivity contribution in [3.63, 3.8) is 0 Å². The second kappa shape index (κ2) is 22.3. The summed E-state index contributed by atoms with van der Waals surface area (Å²) in [7, 11) is 0. The smallest absolute Gasteiger partial charge is 0.224 e. The number of hydrogen-bond acceptors (Lipinski definition) is 31. The Bertz CT molecular complexity index is 1560. The molecule has 0 spiro atoms. The molecular weight excluding hydrogens is 928 g/mol. The van der Waals surface area contributed by atoms with Crippen LogP contribution in [0, 0.1) is 0 Å². The molecule has 0 aromatic rings. The van der Waals surface area contributed by atoms with Crippen molar-refractivity contribution in [1.29, 1.82) is 0 Å². The summed E-state index contributed by atoms with van der Waals surface area (Å²) in [4.78, 5) is 0. The van der Waals surface area contributed by atoms with Crippen LogP contribution in [-0.4, -0.2) is 326 Å². The summed E-state index contributed by atoms with van der Waals surface area (Å²) in [6.07, 6.45) is -44.8. The van der Waals surface area contributed by atoms with Gasteiger partial charge in [0.25, 0.3) is 0 Å². The van der Waals surface area contributed by atoms with Crippen LogP contribution in [0.5, 0.6) is 0 Å². The van der Waals surface area contributed by atoms with Crippen LogP contribution < -0.4 is 0 Å². The SMILES string of the molecule is OC[C@H]1O[C@@](CO)(O[C@H]2O[C@H](COC[C@H]3O[C@@](CO)(O[C@H]4O[C@H](COC[C@H]5O[C@@](CO)(O[C@H]6O[C@H](CO)[C@@H](O)[C@H](O)[C@H]6O)[C@@H](O)[C@@H]5O)[C@@H](O)[C@H](O)[C@H]4O)[C@@H](O)[C@@H]3O)[C@@H](O)[C@H](O)[C@H]2O)[C@@H](O)[C@@H]1O. The van der Waals surface area contributed by atoms with Gasteiger partial charge in [-0.1, -0.05) is 0 Å². The number of aliphatic hydroxyl groups excluding tert-OH is 20. The highest BCUT2D eigenvalue weighted by Crippen LogP contribution is 2.40. The molecule has 6 rings (SSSR count). The number of ether oxygens (including phenoxy) is 11. The van der Waals surface area contributed by atoms with Gasteiger partial charge in [-0.25, -0.2) is 0 Å². The van der Waals surface area contributed by atoms with Crippen LogP contribution in [0.15, 0.2) is 0 Å². The van der Waals surface area contributed by atoms with Crippen LogP contribution in [0.3, 0.4) is 0 Å². The van der Waals surface area contributed by atoms with Crippen molar-refractivity contribution in [2.24, 2.45) is 0 Å². The maximum atomic E-state index is 11.0. The molecule has 31 nitrogen and oxygen atoms in total. The molecule has 0 aromatic heterocycles. The molecule has 67 heavy (non-hydrogen) atoms. The molecule has 6 aliphatic rings. The third-order valence-corrected chi connectivity index (χ3v) is 12.6. The van der Waals surface area contributed by atoms with Crippen molar-refractivity contribution in [2.75, 3.05) is 59.5 Å². The van der Waals surface area contributed by atoms with Gasteiger partial charge in [-0.2, -0.15) is 0 Å². The first-order valence-electron chi connectivity index (χ1n) is 21.0. The van der Waals surface area contributed by atoms with Crippen molar-refractivity contribution < 1.29 is 154 Å². The monoisotopic (exact) mass is 990 g/mol. The lowest BCUT2D eigenvalue weighted by Gasteiger charge is -2.43. The molecule has 0 radical (unpaired) electrons. The van der Waals surface area contributed by atoms with Gasteiger partial charge in [0, 0.05) is 0 Å². The Balaban J connectivity index is 1.03. The Morgan fingerprint density at radius 3 is 0.866 bits per heavy atom. The van der Waals surface area contributed by atoms with Gasteiger partial charge in [-0.05, 0) is 0 Å². The van der Waals surface area contributed by atoms with Gasteiger partial charge in [0.2, 0.25) is 17.4 Å². The highest BCUT2D eigenvalue weighted by atomic mass is 16.8. The van der Waals surface area contributed by atoms with E-state index >= 15 is 0 Å². The predicted octanol–water partition coefficient (Wildman–Crippen LogP) is -14.1. The van der Waals surface area contributed by atoms with Crippen LogP contribution in [0.2, 0.25) is 0 Å². The summed E-state index contributed by atoms with van der Waals surface area (Å²) in [6.45, 7) is -8.04. The fourth-order valence-corrected chi connectivity index (χ4v) is 8.44. The maximum Gasteiger partial charge on any atom is 0.224 e. The van der Waals surface area contributed by atoms with E-state index in [-0.39, 0.29) is 0 Å². The van der Waals surface area contributed by atoms with Gasteiger partial charge in [0.15, 0.2) is 18.9 Å². The van der Waals surface area contributed by atoms with Gasteiger partial charge >= 0.3 is 0 Å². The average Bonchev–Trinajstić information content (AvgIpc) is 3.82. The van der Waals surface area contributed by atoms with Crippen LogP contribution >= 0.6 is 0 Å². The zero-order valence-electron chi connectivity index (χ0n) is 35.2. The fourth-order valence-electron chi connectivity index (χ4n) is 8.44. The fraction of sp³-hybridized carbons (Fsp3) is 1.00. The average molecular weight is 991 g/mol. The van der Waals surface area contributed by atoms with Crippen molar-refractivity contribution >= 4 is 0 Å². The molecule has 6 saturated heterocycles. The molecule has 0 amide bonds. The van der Waals surface area contributed by atoms with Crippen LogP contribution in [0.4, 0.5) is 0 Å². The van der Waals surface area contributed by atoms with Crippen molar-refractivity contribution in [3.8, 4) is 0 Å². The summed E-state index contributed by atoms with van der Waals surface area (Å²) < 4.78 is 60.3. The van der Waals surface area contributed by atoms with Gasteiger partial charge in [0.1, 0.15) is 148 Å². The lowest BCUT2D eigenvalue weighted by molar-refractivity contribution is -0.387. The third-order valence-electron chi connectivity index (χ3n) is 12.6. The van der Waals surface area contributed by atoms with Crippen molar-refractivity contribution in [3.05, 3.63) is 0 Å². The van der Waals surface area contributed by atoms with E-state index in [1.165, 1.54) is 0 Å². The first kappa shape index (κ1) is 55.1. The molecule has 392 valence electrons. The largest absolute Gasteiger partial charge is 0.394 e. The van der Waals surface area contributed by atoms with E-state index in [4.69, 9.17) is 52.1 Å². The van der Waals surface area contributed by atoms with E-state index in [2.05, 4.69) is 0 Å². The Labute approximate surface area is 378 Å². The standard InChI is InChI=1S/C36H62O31/c37-1-10-16(42)22(48)25(51)31(59-10)65-35(8-40)29(55)20(46)14(63-35)5-58-4-13-18(44)24(50)27(53)33(61-13)67-36(9-41)30(56)21(47)15(64-36)6-57-3-12-17(43)23(49)26(52)32(60-12)66-34(7-39)28(54)19(45)11(2-38)62-34/h10-33,37-56H,1-9H2/t10-,11-,12-,13-,14-,15-,16-,17-,18-,19-,20-,21-,22+,23+,24+,25-,26-,27-,28+,29+,30+,31-,32-,33-,34+,35+,36+/m1/s1. The quantitative estimate of drug-likeness (QED) is 0.0571. The van der Waals surface area contributed by atoms with Crippen LogP contribution in [-0.2, 0) is 52.1 Å². The molecule has 27 atom stereocenters. The van der Waals surface area contributed by atoms with Gasteiger partial charge < -0.3 is 154 Å². The summed E-state index contributed by atoms with van der Waals surface area (Å²) in [6, 6.07) is 0. The lowest BCUT2D eigenvalue weighted by Crippen LogP contribution is -2.63. The molecule has 6 heterocycles. The molecular formula is C36H62O31. The Morgan fingerprint density at radius 1 is 0.299 bits per heavy atom. The second-order valence-corrected chi connectivity index (χ2v) is 17.0. The zero-order chi connectivity index (χ0) is 49.5. The van der Waals surface area contributed by atoms with Crippen LogP contribution in [0.25, 0.3) is 0 Å². The molecule has 20 N–H and O–H groups in total. The van der Waals surface area contributed by atoms with Gasteiger partial charge in [-0.15, -0.1) is 0 Å². The number of hydrogen-bond donors (Lipinski definition) is 20. The highest BCUT2D eigenvalue weighted by molar-refractivity contribution is 5.02. The summed E-state index contributed by atoms with van der Waals surface area (Å²) >= 11 is 0. The van der Waals surface area contributed by atoms with E-state index in [9.17, 15) is 102 Å². The number of aliphatic hydroxyl groups is 20. The van der Waals surface area contributed by atoms with E-state index < -0.39 is 224 Å². The summed E-state index contributed by atoms with van der Waals surface area (Å²) in [5.41, 5.74) is 0. The molecule has 0 saturated carbocycles. The molecule has 0 aromatic carbocycles. The molecule has 6 fully saturated rings. The predicted molar refractivity (Wildman–Crippen MR) is 199 cm³/mol. The summed E-state index contributed by atoms with van der Waals surface area (Å²) in [5.74, 6) is -7.65. The third kappa shape index (κ3) is 10.5. The second-order valence-electron chi connectivity index (χ2n) is 17.0. The Hall–Kier alpha value is -1.24. The molecule has 0 bridgehead atoms. The molecule has 6 aliphatic heterocycles. The Morgan fingerprint density at radius 2 is 0.567 bits per heavy atom. The topological polar surface area (TPSA) is 506 Å². The highest BCUT2D eigenvalue weighted by Gasteiger charge is 2.62.